The lowest BCUT2D eigenvalue weighted by Crippen LogP contribution is -2.30. The normalized spacial score (nSPS) is 12.7. The molecule has 0 N–H and O–H groups in total. The summed E-state index contributed by atoms with van der Waals surface area (Å²) in [5, 5.41) is 0. The summed E-state index contributed by atoms with van der Waals surface area (Å²) in [7, 11) is 0. The SMILES string of the molecule is CC/C=C\C/C=C\C/C=C\C/C=C\CCCCCCC(=O)OC(COC(=O)CCCCCCC/C=C\CCCC)COC(=O)CCCCCCCCCCCCCCCCCC/C=C\C/C=C\C/C=C\CCCCCCC. The van der Waals surface area contributed by atoms with Crippen molar-refractivity contribution >= 4 is 17.9 Å². The average molecular weight is 1070 g/mol. The zero-order valence-electron chi connectivity index (χ0n) is 50.7. The number of ether oxygens (including phenoxy) is 3. The van der Waals surface area contributed by atoms with E-state index < -0.39 is 6.10 Å². The van der Waals surface area contributed by atoms with Crippen molar-refractivity contribution in [2.24, 2.45) is 0 Å². The Hall–Kier alpha value is -3.67. The lowest BCUT2D eigenvalue weighted by molar-refractivity contribution is -0.167. The van der Waals surface area contributed by atoms with E-state index in [0.717, 1.165) is 116 Å². The minimum atomic E-state index is -0.794. The van der Waals surface area contributed by atoms with Gasteiger partial charge in [-0.05, 0) is 116 Å². The van der Waals surface area contributed by atoms with Crippen molar-refractivity contribution in [2.45, 2.75) is 322 Å². The fourth-order valence-corrected chi connectivity index (χ4v) is 9.13. The monoisotopic (exact) mass is 1070 g/mol. The van der Waals surface area contributed by atoms with Crippen LogP contribution in [0.15, 0.2) is 97.2 Å². The summed E-state index contributed by atoms with van der Waals surface area (Å²) >= 11 is 0. The molecule has 0 aliphatic carbocycles. The second-order valence-corrected chi connectivity index (χ2v) is 21.6. The first-order valence-electron chi connectivity index (χ1n) is 32.7. The Morgan fingerprint density at radius 2 is 0.519 bits per heavy atom. The van der Waals surface area contributed by atoms with E-state index in [1.54, 1.807) is 0 Å². The van der Waals surface area contributed by atoms with Crippen molar-refractivity contribution in [3.8, 4) is 0 Å². The maximum absolute atomic E-state index is 12.9. The molecule has 0 amide bonds. The van der Waals surface area contributed by atoms with Crippen molar-refractivity contribution in [3.05, 3.63) is 97.2 Å². The number of carbonyl (C=O) groups is 3. The molecule has 0 fully saturated rings. The Balaban J connectivity index is 4.19. The van der Waals surface area contributed by atoms with Crippen LogP contribution in [0.4, 0.5) is 0 Å². The number of allylic oxidation sites excluding steroid dienone is 16. The lowest BCUT2D eigenvalue weighted by atomic mass is 10.0. The molecule has 0 heterocycles. The molecule has 0 aromatic rings. The molecule has 0 aromatic heterocycles. The highest BCUT2D eigenvalue weighted by molar-refractivity contribution is 5.71. The molecule has 0 rings (SSSR count). The van der Waals surface area contributed by atoms with Gasteiger partial charge in [0, 0.05) is 19.3 Å². The Kier molecular flexibility index (Phi) is 61.8. The first kappa shape index (κ1) is 73.3. The maximum atomic E-state index is 12.9. The summed E-state index contributed by atoms with van der Waals surface area (Å²) in [5.74, 6) is -0.915. The van der Waals surface area contributed by atoms with Crippen LogP contribution in [0.5, 0.6) is 0 Å². The molecule has 0 aliphatic heterocycles. The Morgan fingerprint density at radius 1 is 0.273 bits per heavy atom. The van der Waals surface area contributed by atoms with Crippen molar-refractivity contribution < 1.29 is 28.6 Å². The summed E-state index contributed by atoms with van der Waals surface area (Å²) in [5.41, 5.74) is 0. The van der Waals surface area contributed by atoms with Gasteiger partial charge in [0.15, 0.2) is 6.10 Å². The summed E-state index contributed by atoms with van der Waals surface area (Å²) in [6.45, 7) is 6.47. The van der Waals surface area contributed by atoms with Gasteiger partial charge in [-0.1, -0.05) is 279 Å². The first-order valence-corrected chi connectivity index (χ1v) is 32.7. The maximum Gasteiger partial charge on any atom is 0.306 e. The second kappa shape index (κ2) is 64.9. The number of esters is 3. The molecule has 442 valence electrons. The lowest BCUT2D eigenvalue weighted by Gasteiger charge is -2.18. The summed E-state index contributed by atoms with van der Waals surface area (Å²) in [6, 6.07) is 0. The smallest absolute Gasteiger partial charge is 0.306 e. The highest BCUT2D eigenvalue weighted by atomic mass is 16.6. The number of rotatable bonds is 59. The predicted octanol–water partition coefficient (Wildman–Crippen LogP) is 22.4. The van der Waals surface area contributed by atoms with Gasteiger partial charge in [0.05, 0.1) is 0 Å². The molecule has 6 nitrogen and oxygen atoms in total. The summed E-state index contributed by atoms with van der Waals surface area (Å²) < 4.78 is 16.9. The molecule has 77 heavy (non-hydrogen) atoms. The van der Waals surface area contributed by atoms with Gasteiger partial charge in [-0.15, -0.1) is 0 Å². The molecule has 0 aromatic carbocycles. The largest absolute Gasteiger partial charge is 0.462 e. The van der Waals surface area contributed by atoms with E-state index in [4.69, 9.17) is 14.2 Å². The standard InChI is InChI=1S/C71H122O6/c1-4-7-10-13-16-19-22-24-26-28-29-30-31-32-33-34-35-36-37-38-39-40-41-43-44-46-49-52-55-58-61-64-70(73)76-67-68(66-75-69(72)63-60-57-54-51-48-21-18-15-12-9-6-3)77-71(74)65-62-59-56-53-50-47-45-42-27-25-23-20-17-14-11-8-5-2/h8,11,15,17-18,20,22,24-25,27-29,31-32,45,47,68H,4-7,9-10,12-14,16,19,21,23,26,30,33-44,46,48-67H2,1-3H3/b11-8-,18-15-,20-17-,24-22-,27-25-,29-28-,32-31-,47-45-. The van der Waals surface area contributed by atoms with E-state index in [-0.39, 0.29) is 31.1 Å². The third-order valence-corrected chi connectivity index (χ3v) is 14.0. The third-order valence-electron chi connectivity index (χ3n) is 14.0. The molecule has 1 atom stereocenters. The van der Waals surface area contributed by atoms with E-state index in [2.05, 4.69) is 118 Å². The third kappa shape index (κ3) is 63.0. The Labute approximate surface area is 477 Å². The zero-order chi connectivity index (χ0) is 55.7. The minimum Gasteiger partial charge on any atom is -0.462 e. The van der Waals surface area contributed by atoms with E-state index in [0.29, 0.717) is 19.3 Å². The molecule has 0 bridgehead atoms. The van der Waals surface area contributed by atoms with Crippen LogP contribution < -0.4 is 0 Å². The molecular formula is C71H122O6. The molecule has 0 radical (unpaired) electrons. The number of carbonyl (C=O) groups excluding carboxylic acids is 3. The van der Waals surface area contributed by atoms with Crippen molar-refractivity contribution in [1.82, 2.24) is 0 Å². The van der Waals surface area contributed by atoms with Crippen LogP contribution in [0, 0.1) is 0 Å². The predicted molar refractivity (Wildman–Crippen MR) is 334 cm³/mol. The van der Waals surface area contributed by atoms with Gasteiger partial charge in [0.2, 0.25) is 0 Å². The molecular weight excluding hydrogens is 949 g/mol. The quantitative estimate of drug-likeness (QED) is 0.0261. The van der Waals surface area contributed by atoms with Crippen LogP contribution in [0.25, 0.3) is 0 Å². The van der Waals surface area contributed by atoms with Crippen LogP contribution in [0.3, 0.4) is 0 Å². The number of hydrogen-bond acceptors (Lipinski definition) is 6. The van der Waals surface area contributed by atoms with Crippen molar-refractivity contribution in [1.29, 1.82) is 0 Å². The van der Waals surface area contributed by atoms with E-state index in [1.165, 1.54) is 161 Å². The molecule has 0 aliphatic rings. The van der Waals surface area contributed by atoms with Crippen LogP contribution >= 0.6 is 0 Å². The Morgan fingerprint density at radius 3 is 0.844 bits per heavy atom. The van der Waals surface area contributed by atoms with Gasteiger partial charge >= 0.3 is 17.9 Å². The summed E-state index contributed by atoms with van der Waals surface area (Å²) in [4.78, 5) is 38.2. The van der Waals surface area contributed by atoms with Gasteiger partial charge in [-0.2, -0.15) is 0 Å². The van der Waals surface area contributed by atoms with Crippen LogP contribution in [-0.4, -0.2) is 37.2 Å². The van der Waals surface area contributed by atoms with Crippen molar-refractivity contribution in [3.63, 3.8) is 0 Å². The fraction of sp³-hybridized carbons (Fsp3) is 0.732. The van der Waals surface area contributed by atoms with Crippen LogP contribution in [0.2, 0.25) is 0 Å². The van der Waals surface area contributed by atoms with Gasteiger partial charge in [0.1, 0.15) is 13.2 Å². The molecule has 0 saturated heterocycles. The minimum absolute atomic E-state index is 0.0889. The second-order valence-electron chi connectivity index (χ2n) is 21.6. The summed E-state index contributed by atoms with van der Waals surface area (Å²) in [6.07, 6.45) is 87.2. The highest BCUT2D eigenvalue weighted by Crippen LogP contribution is 2.16. The number of unbranched alkanes of at least 4 members (excludes halogenated alkanes) is 32. The Bertz CT molecular complexity index is 1510. The fourth-order valence-electron chi connectivity index (χ4n) is 9.13. The molecule has 1 unspecified atom stereocenters. The van der Waals surface area contributed by atoms with E-state index in [9.17, 15) is 14.4 Å². The number of hydrogen-bond donors (Lipinski definition) is 0. The topological polar surface area (TPSA) is 78.9 Å². The molecule has 0 saturated carbocycles. The van der Waals surface area contributed by atoms with Crippen LogP contribution in [-0.2, 0) is 28.6 Å². The van der Waals surface area contributed by atoms with E-state index in [1.807, 2.05) is 0 Å². The zero-order valence-corrected chi connectivity index (χ0v) is 50.7. The van der Waals surface area contributed by atoms with Gasteiger partial charge < -0.3 is 14.2 Å². The highest BCUT2D eigenvalue weighted by Gasteiger charge is 2.19. The molecule has 0 spiro atoms. The van der Waals surface area contributed by atoms with Crippen LogP contribution in [0.1, 0.15) is 316 Å². The first-order chi connectivity index (χ1) is 38.0. The van der Waals surface area contributed by atoms with Crippen molar-refractivity contribution in [2.75, 3.05) is 13.2 Å². The van der Waals surface area contributed by atoms with Gasteiger partial charge in [-0.25, -0.2) is 0 Å². The average Bonchev–Trinajstić information content (AvgIpc) is 3.43. The molecule has 6 heteroatoms. The van der Waals surface area contributed by atoms with E-state index >= 15 is 0 Å². The van der Waals surface area contributed by atoms with Gasteiger partial charge in [0.25, 0.3) is 0 Å². The van der Waals surface area contributed by atoms with Gasteiger partial charge in [-0.3, -0.25) is 14.4 Å².